The molecule has 3 nitrogen and oxygen atoms in total. The van der Waals surface area contributed by atoms with Gasteiger partial charge in [0, 0.05) is 12.1 Å². The minimum Gasteiger partial charge on any atom is -0.394 e. The summed E-state index contributed by atoms with van der Waals surface area (Å²) in [6, 6.07) is 0. The minimum absolute atomic E-state index is 0.0907. The van der Waals surface area contributed by atoms with Crippen LogP contribution in [0.2, 0.25) is 0 Å². The monoisotopic (exact) mass is 242 g/mol. The van der Waals surface area contributed by atoms with Crippen molar-refractivity contribution in [3.63, 3.8) is 0 Å². The van der Waals surface area contributed by atoms with Crippen LogP contribution in [-0.2, 0) is 0 Å². The van der Waals surface area contributed by atoms with Gasteiger partial charge in [0.05, 0.1) is 6.61 Å². The molecular formula is C14H30N2O. The number of rotatable bonds is 9. The Morgan fingerprint density at radius 1 is 1.35 bits per heavy atom. The van der Waals surface area contributed by atoms with Crippen molar-refractivity contribution in [2.75, 3.05) is 33.8 Å². The lowest BCUT2D eigenvalue weighted by molar-refractivity contribution is 0.166. The van der Waals surface area contributed by atoms with Gasteiger partial charge in [-0.1, -0.05) is 12.8 Å². The van der Waals surface area contributed by atoms with Gasteiger partial charge in [0.25, 0.3) is 0 Å². The van der Waals surface area contributed by atoms with Gasteiger partial charge in [0.2, 0.25) is 0 Å². The number of aliphatic hydroxyl groups excluding tert-OH is 1. The average Bonchev–Trinajstić information content (AvgIpc) is 2.29. The molecule has 0 bridgehead atoms. The predicted octanol–water partition coefficient (Wildman–Crippen LogP) is 1.86. The summed E-state index contributed by atoms with van der Waals surface area (Å²) >= 11 is 0. The molecule has 0 amide bonds. The number of hydrogen-bond acceptors (Lipinski definition) is 3. The molecule has 0 aromatic heterocycles. The number of likely N-dealkylation sites (N-methyl/N-ethyl adjacent to an activating group) is 1. The van der Waals surface area contributed by atoms with Crippen molar-refractivity contribution in [1.82, 2.24) is 10.2 Å². The number of nitrogens with zero attached hydrogens (tertiary/aromatic N) is 1. The molecule has 102 valence electrons. The summed E-state index contributed by atoms with van der Waals surface area (Å²) in [6.07, 6.45) is 7.79. The van der Waals surface area contributed by atoms with E-state index in [-0.39, 0.29) is 12.1 Å². The van der Waals surface area contributed by atoms with E-state index in [1.165, 1.54) is 45.2 Å². The van der Waals surface area contributed by atoms with E-state index in [0.29, 0.717) is 0 Å². The molecule has 2 N–H and O–H groups in total. The third kappa shape index (κ3) is 5.36. The first kappa shape index (κ1) is 14.9. The zero-order valence-corrected chi connectivity index (χ0v) is 11.8. The van der Waals surface area contributed by atoms with Gasteiger partial charge in [-0.3, -0.25) is 0 Å². The molecule has 0 aliphatic heterocycles. The Morgan fingerprint density at radius 3 is 2.53 bits per heavy atom. The van der Waals surface area contributed by atoms with Gasteiger partial charge in [-0.2, -0.15) is 0 Å². The summed E-state index contributed by atoms with van der Waals surface area (Å²) in [6.45, 7) is 4.79. The summed E-state index contributed by atoms with van der Waals surface area (Å²) in [7, 11) is 4.17. The van der Waals surface area contributed by atoms with Gasteiger partial charge in [-0.15, -0.1) is 0 Å². The molecule has 0 heterocycles. The second-order valence-corrected chi connectivity index (χ2v) is 5.99. The minimum atomic E-state index is -0.0907. The second-order valence-electron chi connectivity index (χ2n) is 5.99. The molecule has 1 rings (SSSR count). The van der Waals surface area contributed by atoms with Gasteiger partial charge < -0.3 is 15.3 Å². The molecule has 0 radical (unpaired) electrons. The van der Waals surface area contributed by atoms with Gasteiger partial charge in [-0.25, -0.2) is 0 Å². The van der Waals surface area contributed by atoms with Crippen molar-refractivity contribution in [2.45, 2.75) is 51.0 Å². The van der Waals surface area contributed by atoms with E-state index in [4.69, 9.17) is 0 Å². The Hall–Kier alpha value is -0.120. The highest BCUT2D eigenvalue weighted by Gasteiger charge is 2.20. The first-order valence-electron chi connectivity index (χ1n) is 7.08. The Labute approximate surface area is 107 Å². The molecule has 1 atom stereocenters. The number of aliphatic hydroxyl groups is 1. The van der Waals surface area contributed by atoms with Gasteiger partial charge in [0.1, 0.15) is 0 Å². The highest BCUT2D eigenvalue weighted by molar-refractivity contribution is 4.80. The van der Waals surface area contributed by atoms with Crippen LogP contribution in [-0.4, -0.2) is 49.3 Å². The Morgan fingerprint density at radius 2 is 2.06 bits per heavy atom. The lowest BCUT2D eigenvalue weighted by atomic mass is 9.85. The van der Waals surface area contributed by atoms with E-state index in [1.54, 1.807) is 0 Å². The largest absolute Gasteiger partial charge is 0.394 e. The lowest BCUT2D eigenvalue weighted by Gasteiger charge is -2.30. The van der Waals surface area contributed by atoms with Crippen LogP contribution < -0.4 is 5.32 Å². The molecule has 1 aliphatic rings. The van der Waals surface area contributed by atoms with Crippen molar-refractivity contribution in [2.24, 2.45) is 5.92 Å². The molecule has 1 unspecified atom stereocenters. The number of nitrogens with one attached hydrogen (secondary N) is 1. The zero-order valence-electron chi connectivity index (χ0n) is 11.8. The molecule has 3 heteroatoms. The standard InChI is InChI=1S/C14H30N2O/c1-14(12-17,15-2)9-4-5-10-16(3)11-13-7-6-8-13/h13,15,17H,4-12H2,1-3H3. The fraction of sp³-hybridized carbons (Fsp3) is 1.00. The summed E-state index contributed by atoms with van der Waals surface area (Å²) in [4.78, 5) is 2.47. The van der Waals surface area contributed by atoms with Gasteiger partial charge in [-0.05, 0) is 59.2 Å². The Bertz CT molecular complexity index is 200. The average molecular weight is 242 g/mol. The molecule has 0 aromatic rings. The number of hydrogen-bond donors (Lipinski definition) is 2. The van der Waals surface area contributed by atoms with Crippen LogP contribution >= 0.6 is 0 Å². The van der Waals surface area contributed by atoms with Crippen molar-refractivity contribution in [3.05, 3.63) is 0 Å². The van der Waals surface area contributed by atoms with Crippen molar-refractivity contribution in [3.8, 4) is 0 Å². The maximum Gasteiger partial charge on any atom is 0.0610 e. The van der Waals surface area contributed by atoms with Crippen LogP contribution in [0.25, 0.3) is 0 Å². The molecule has 1 fully saturated rings. The van der Waals surface area contributed by atoms with Gasteiger partial charge in [0.15, 0.2) is 0 Å². The summed E-state index contributed by atoms with van der Waals surface area (Å²) in [5.74, 6) is 0.972. The summed E-state index contributed by atoms with van der Waals surface area (Å²) in [5.41, 5.74) is -0.0907. The molecular weight excluding hydrogens is 212 g/mol. The molecule has 1 saturated carbocycles. The maximum atomic E-state index is 9.28. The van der Waals surface area contributed by atoms with Crippen molar-refractivity contribution in [1.29, 1.82) is 0 Å². The van der Waals surface area contributed by atoms with Crippen molar-refractivity contribution < 1.29 is 5.11 Å². The fourth-order valence-electron chi connectivity index (χ4n) is 2.39. The number of unbranched alkanes of at least 4 members (excludes halogenated alkanes) is 1. The molecule has 0 saturated heterocycles. The van der Waals surface area contributed by atoms with E-state index in [1.807, 2.05) is 7.05 Å². The molecule has 0 aromatic carbocycles. The highest BCUT2D eigenvalue weighted by Crippen LogP contribution is 2.26. The summed E-state index contributed by atoms with van der Waals surface area (Å²) < 4.78 is 0. The predicted molar refractivity (Wildman–Crippen MR) is 73.2 cm³/mol. The van der Waals surface area contributed by atoms with E-state index < -0.39 is 0 Å². The van der Waals surface area contributed by atoms with Crippen molar-refractivity contribution >= 4 is 0 Å². The molecule has 0 spiro atoms. The van der Waals surface area contributed by atoms with Crippen LogP contribution in [0.15, 0.2) is 0 Å². The Kier molecular flexibility index (Phi) is 6.45. The quantitative estimate of drug-likeness (QED) is 0.606. The van der Waals surface area contributed by atoms with Crippen LogP contribution in [0, 0.1) is 5.92 Å². The first-order valence-corrected chi connectivity index (χ1v) is 7.08. The maximum absolute atomic E-state index is 9.28. The molecule has 17 heavy (non-hydrogen) atoms. The third-order valence-electron chi connectivity index (χ3n) is 4.27. The topological polar surface area (TPSA) is 35.5 Å². The Balaban J connectivity index is 2.02. The normalized spacial score (nSPS) is 20.3. The van der Waals surface area contributed by atoms with E-state index in [9.17, 15) is 5.11 Å². The van der Waals surface area contributed by atoms with Crippen LogP contribution in [0.1, 0.15) is 45.4 Å². The lowest BCUT2D eigenvalue weighted by Crippen LogP contribution is -2.43. The van der Waals surface area contributed by atoms with Crippen LogP contribution in [0.5, 0.6) is 0 Å². The highest BCUT2D eigenvalue weighted by atomic mass is 16.3. The summed E-state index contributed by atoms with van der Waals surface area (Å²) in [5, 5.41) is 12.5. The van der Waals surface area contributed by atoms with Gasteiger partial charge >= 0.3 is 0 Å². The third-order valence-corrected chi connectivity index (χ3v) is 4.27. The zero-order chi connectivity index (χ0) is 12.7. The van der Waals surface area contributed by atoms with E-state index in [2.05, 4.69) is 24.2 Å². The van der Waals surface area contributed by atoms with E-state index in [0.717, 1.165) is 12.3 Å². The fourth-order valence-corrected chi connectivity index (χ4v) is 2.39. The molecule has 1 aliphatic carbocycles. The SMILES string of the molecule is CNC(C)(CO)CCCCN(C)CC1CCC1. The smallest absolute Gasteiger partial charge is 0.0610 e. The first-order chi connectivity index (χ1) is 8.09. The van der Waals surface area contributed by atoms with E-state index >= 15 is 0 Å². The van der Waals surface area contributed by atoms with Crippen LogP contribution in [0.4, 0.5) is 0 Å². The van der Waals surface area contributed by atoms with Crippen LogP contribution in [0.3, 0.4) is 0 Å². The second kappa shape index (κ2) is 7.34.